The molecule has 142 valence electrons. The van der Waals surface area contributed by atoms with Crippen molar-refractivity contribution in [2.24, 2.45) is 0 Å². The standard InChI is InChI=1S/C20H22N2O5/c1-14(23)22(16-5-3-4-6-17(16)25-2)10-9-20(24)21-15-7-8-18-19(13-15)27-12-11-26-18/h3-8,13H,9-12H2,1-2H3,(H,21,24). The van der Waals surface area contributed by atoms with Gasteiger partial charge < -0.3 is 24.4 Å². The first-order valence-corrected chi connectivity index (χ1v) is 8.69. The molecule has 2 aromatic rings. The van der Waals surface area contributed by atoms with Crippen LogP contribution in [-0.2, 0) is 9.59 Å². The number of rotatable bonds is 6. The van der Waals surface area contributed by atoms with Crippen LogP contribution >= 0.6 is 0 Å². The number of carbonyl (C=O) groups excluding carboxylic acids is 2. The van der Waals surface area contributed by atoms with E-state index in [2.05, 4.69) is 5.32 Å². The Bertz CT molecular complexity index is 837. The molecule has 27 heavy (non-hydrogen) atoms. The van der Waals surface area contributed by atoms with Crippen LogP contribution in [0.4, 0.5) is 11.4 Å². The molecule has 0 saturated heterocycles. The van der Waals surface area contributed by atoms with Crippen molar-refractivity contribution >= 4 is 23.2 Å². The van der Waals surface area contributed by atoms with Crippen molar-refractivity contribution in [3.8, 4) is 17.2 Å². The topological polar surface area (TPSA) is 77.1 Å². The van der Waals surface area contributed by atoms with E-state index in [1.54, 1.807) is 37.4 Å². The fourth-order valence-electron chi connectivity index (χ4n) is 2.86. The van der Waals surface area contributed by atoms with Crippen LogP contribution in [0, 0.1) is 0 Å². The largest absolute Gasteiger partial charge is 0.495 e. The van der Waals surface area contributed by atoms with Gasteiger partial charge in [-0.05, 0) is 24.3 Å². The molecule has 0 saturated carbocycles. The third kappa shape index (κ3) is 4.49. The van der Waals surface area contributed by atoms with Gasteiger partial charge in [-0.1, -0.05) is 12.1 Å². The quantitative estimate of drug-likeness (QED) is 0.846. The molecule has 1 heterocycles. The summed E-state index contributed by atoms with van der Waals surface area (Å²) in [5.74, 6) is 1.50. The lowest BCUT2D eigenvalue weighted by Gasteiger charge is -2.23. The summed E-state index contributed by atoms with van der Waals surface area (Å²) >= 11 is 0. The third-order valence-electron chi connectivity index (χ3n) is 4.14. The molecule has 1 N–H and O–H groups in total. The lowest BCUT2D eigenvalue weighted by molar-refractivity contribution is -0.117. The highest BCUT2D eigenvalue weighted by atomic mass is 16.6. The summed E-state index contributed by atoms with van der Waals surface area (Å²) in [7, 11) is 1.55. The molecule has 3 rings (SSSR count). The first-order valence-electron chi connectivity index (χ1n) is 8.69. The SMILES string of the molecule is COc1ccccc1N(CCC(=O)Nc1ccc2c(c1)OCCO2)C(C)=O. The van der Waals surface area contributed by atoms with Crippen molar-refractivity contribution in [3.63, 3.8) is 0 Å². The number of amides is 2. The normalized spacial score (nSPS) is 12.2. The number of nitrogens with one attached hydrogen (secondary N) is 1. The minimum absolute atomic E-state index is 0.145. The highest BCUT2D eigenvalue weighted by molar-refractivity contribution is 5.95. The van der Waals surface area contributed by atoms with Crippen LogP contribution in [0.25, 0.3) is 0 Å². The predicted molar refractivity (Wildman–Crippen MR) is 102 cm³/mol. The molecular formula is C20H22N2O5. The minimum atomic E-state index is -0.201. The van der Waals surface area contributed by atoms with Gasteiger partial charge in [0.2, 0.25) is 11.8 Å². The zero-order chi connectivity index (χ0) is 19.2. The van der Waals surface area contributed by atoms with Crippen LogP contribution in [0.15, 0.2) is 42.5 Å². The molecule has 1 aliphatic rings. The molecule has 7 heteroatoms. The Morgan fingerprint density at radius 3 is 2.59 bits per heavy atom. The molecule has 2 aromatic carbocycles. The lowest BCUT2D eigenvalue weighted by Crippen LogP contribution is -2.32. The summed E-state index contributed by atoms with van der Waals surface area (Å²) in [6.45, 7) is 2.71. The molecule has 1 aliphatic heterocycles. The Labute approximate surface area is 157 Å². The van der Waals surface area contributed by atoms with Crippen molar-refractivity contribution in [2.45, 2.75) is 13.3 Å². The highest BCUT2D eigenvalue weighted by Gasteiger charge is 2.18. The fourth-order valence-corrected chi connectivity index (χ4v) is 2.86. The van der Waals surface area contributed by atoms with Gasteiger partial charge in [0.25, 0.3) is 0 Å². The maximum atomic E-state index is 12.3. The second-order valence-corrected chi connectivity index (χ2v) is 6.00. The van der Waals surface area contributed by atoms with Gasteiger partial charge in [0.15, 0.2) is 11.5 Å². The average Bonchev–Trinajstić information content (AvgIpc) is 2.68. The van der Waals surface area contributed by atoms with E-state index in [-0.39, 0.29) is 24.8 Å². The molecule has 0 radical (unpaired) electrons. The lowest BCUT2D eigenvalue weighted by atomic mass is 10.2. The number of hydrogen-bond donors (Lipinski definition) is 1. The Morgan fingerprint density at radius 1 is 1.11 bits per heavy atom. The van der Waals surface area contributed by atoms with Crippen molar-refractivity contribution in [3.05, 3.63) is 42.5 Å². The van der Waals surface area contributed by atoms with Gasteiger partial charge in [0.1, 0.15) is 19.0 Å². The Hall–Kier alpha value is -3.22. The monoisotopic (exact) mass is 370 g/mol. The molecule has 0 unspecified atom stereocenters. The van der Waals surface area contributed by atoms with E-state index in [9.17, 15) is 9.59 Å². The summed E-state index contributed by atoms with van der Waals surface area (Å²) < 4.78 is 16.3. The van der Waals surface area contributed by atoms with Crippen molar-refractivity contribution in [1.82, 2.24) is 0 Å². The Morgan fingerprint density at radius 2 is 1.85 bits per heavy atom. The first-order chi connectivity index (χ1) is 13.1. The van der Waals surface area contributed by atoms with Gasteiger partial charge >= 0.3 is 0 Å². The zero-order valence-electron chi connectivity index (χ0n) is 15.4. The van der Waals surface area contributed by atoms with Crippen molar-refractivity contribution in [2.75, 3.05) is 37.1 Å². The number of methoxy groups -OCH3 is 1. The number of hydrogen-bond acceptors (Lipinski definition) is 5. The van der Waals surface area contributed by atoms with Crippen LogP contribution in [0.1, 0.15) is 13.3 Å². The second-order valence-electron chi connectivity index (χ2n) is 6.00. The summed E-state index contributed by atoms with van der Waals surface area (Å²) in [6, 6.07) is 12.5. The summed E-state index contributed by atoms with van der Waals surface area (Å²) in [5, 5.41) is 2.82. The number of para-hydroxylation sites is 2. The average molecular weight is 370 g/mol. The van der Waals surface area contributed by atoms with E-state index in [1.807, 2.05) is 12.1 Å². The van der Waals surface area contributed by atoms with E-state index < -0.39 is 0 Å². The number of ether oxygens (including phenoxy) is 3. The molecule has 7 nitrogen and oxygen atoms in total. The number of carbonyl (C=O) groups is 2. The van der Waals surface area contributed by atoms with Gasteiger partial charge in [-0.25, -0.2) is 0 Å². The minimum Gasteiger partial charge on any atom is -0.495 e. The number of benzene rings is 2. The van der Waals surface area contributed by atoms with Gasteiger partial charge in [-0.15, -0.1) is 0 Å². The summed E-state index contributed by atoms with van der Waals surface area (Å²) in [6.07, 6.45) is 0.145. The third-order valence-corrected chi connectivity index (χ3v) is 4.14. The molecule has 0 atom stereocenters. The Balaban J connectivity index is 1.64. The Kier molecular flexibility index (Phi) is 5.80. The maximum Gasteiger partial charge on any atom is 0.226 e. The number of anilines is 2. The molecule has 0 spiro atoms. The molecule has 0 bridgehead atoms. The van der Waals surface area contributed by atoms with E-state index in [4.69, 9.17) is 14.2 Å². The summed E-state index contributed by atoms with van der Waals surface area (Å²) in [4.78, 5) is 25.9. The second kappa shape index (κ2) is 8.44. The van der Waals surface area contributed by atoms with Crippen LogP contribution in [0.5, 0.6) is 17.2 Å². The smallest absolute Gasteiger partial charge is 0.226 e. The van der Waals surface area contributed by atoms with E-state index >= 15 is 0 Å². The van der Waals surface area contributed by atoms with Crippen LogP contribution < -0.4 is 24.4 Å². The fraction of sp³-hybridized carbons (Fsp3) is 0.300. The number of nitrogens with zero attached hydrogens (tertiary/aromatic N) is 1. The van der Waals surface area contributed by atoms with Crippen LogP contribution in [0.2, 0.25) is 0 Å². The first kappa shape index (κ1) is 18.6. The highest BCUT2D eigenvalue weighted by Crippen LogP contribution is 2.32. The maximum absolute atomic E-state index is 12.3. The van der Waals surface area contributed by atoms with E-state index in [1.165, 1.54) is 11.8 Å². The van der Waals surface area contributed by atoms with Crippen LogP contribution in [-0.4, -0.2) is 38.7 Å². The molecular weight excluding hydrogens is 348 g/mol. The van der Waals surface area contributed by atoms with Crippen molar-refractivity contribution < 1.29 is 23.8 Å². The molecule has 0 aliphatic carbocycles. The van der Waals surface area contributed by atoms with Crippen molar-refractivity contribution in [1.29, 1.82) is 0 Å². The molecule has 0 aromatic heterocycles. The van der Waals surface area contributed by atoms with Gasteiger partial charge in [0.05, 0.1) is 12.8 Å². The van der Waals surface area contributed by atoms with Crippen LogP contribution in [0.3, 0.4) is 0 Å². The number of fused-ring (bicyclic) bond motifs is 1. The van der Waals surface area contributed by atoms with Gasteiger partial charge in [-0.2, -0.15) is 0 Å². The van der Waals surface area contributed by atoms with E-state index in [0.717, 1.165) is 0 Å². The van der Waals surface area contributed by atoms with Gasteiger partial charge in [-0.3, -0.25) is 9.59 Å². The summed E-state index contributed by atoms with van der Waals surface area (Å²) in [5.41, 5.74) is 1.26. The van der Waals surface area contributed by atoms with E-state index in [0.29, 0.717) is 41.8 Å². The zero-order valence-corrected chi connectivity index (χ0v) is 15.4. The van der Waals surface area contributed by atoms with Gasteiger partial charge in [0, 0.05) is 31.6 Å². The molecule has 2 amide bonds. The predicted octanol–water partition coefficient (Wildman–Crippen LogP) is 2.85. The molecule has 0 fully saturated rings.